The van der Waals surface area contributed by atoms with Crippen molar-refractivity contribution in [1.82, 2.24) is 10.0 Å². The van der Waals surface area contributed by atoms with Gasteiger partial charge in [0.2, 0.25) is 15.9 Å². The third kappa shape index (κ3) is 7.29. The van der Waals surface area contributed by atoms with Gasteiger partial charge in [-0.15, -0.1) is 0 Å². The van der Waals surface area contributed by atoms with Crippen LogP contribution in [0.15, 0.2) is 0 Å². The van der Waals surface area contributed by atoms with E-state index in [0.29, 0.717) is 18.8 Å². The summed E-state index contributed by atoms with van der Waals surface area (Å²) in [4.78, 5) is 23.7. The lowest BCUT2D eigenvalue weighted by Crippen LogP contribution is -2.58. The second-order valence-electron chi connectivity index (χ2n) is 6.85. The highest BCUT2D eigenvalue weighted by molar-refractivity contribution is 7.89. The molecule has 0 spiro atoms. The first-order valence-electron chi connectivity index (χ1n) is 8.73. The zero-order chi connectivity index (χ0) is 19.1. The minimum Gasteiger partial charge on any atom is -0.480 e. The number of carboxylic acid groups (broad SMARTS) is 1. The minimum absolute atomic E-state index is 0.0338. The van der Waals surface area contributed by atoms with Gasteiger partial charge in [0.05, 0.1) is 25.0 Å². The Morgan fingerprint density at radius 2 is 1.88 bits per heavy atom. The number of ether oxygens (including phenoxy) is 1. The molecule has 0 bridgehead atoms. The first kappa shape index (κ1) is 21.9. The number of hydrogen-bond donors (Lipinski definition) is 3. The summed E-state index contributed by atoms with van der Waals surface area (Å²) < 4.78 is 31.0. The molecule has 0 aliphatic heterocycles. The van der Waals surface area contributed by atoms with Gasteiger partial charge in [0, 0.05) is 0 Å². The minimum atomic E-state index is -3.65. The van der Waals surface area contributed by atoms with Gasteiger partial charge < -0.3 is 15.2 Å². The molecule has 146 valence electrons. The highest BCUT2D eigenvalue weighted by atomic mass is 32.2. The van der Waals surface area contributed by atoms with Crippen LogP contribution in [0.3, 0.4) is 0 Å². The number of rotatable bonds is 10. The van der Waals surface area contributed by atoms with Crippen molar-refractivity contribution in [2.24, 2.45) is 5.92 Å². The van der Waals surface area contributed by atoms with Crippen LogP contribution in [0.25, 0.3) is 0 Å². The number of hydrogen-bond acceptors (Lipinski definition) is 5. The number of nitrogens with one attached hydrogen (secondary N) is 2. The van der Waals surface area contributed by atoms with Gasteiger partial charge in [-0.25, -0.2) is 17.9 Å². The molecule has 0 unspecified atom stereocenters. The van der Waals surface area contributed by atoms with Crippen LogP contribution in [0.2, 0.25) is 0 Å². The molecule has 0 aromatic carbocycles. The number of carboxylic acids is 1. The van der Waals surface area contributed by atoms with Gasteiger partial charge >= 0.3 is 5.97 Å². The fourth-order valence-electron chi connectivity index (χ4n) is 2.92. The molecular formula is C16H30N2O6S. The topological polar surface area (TPSA) is 122 Å². The van der Waals surface area contributed by atoms with Gasteiger partial charge in [0.25, 0.3) is 0 Å². The molecule has 1 amide bonds. The summed E-state index contributed by atoms with van der Waals surface area (Å²) in [5.41, 5.74) is -1.30. The maximum absolute atomic E-state index is 12.1. The zero-order valence-electron chi connectivity index (χ0n) is 15.2. The maximum atomic E-state index is 12.1. The molecule has 0 aromatic rings. The Morgan fingerprint density at radius 3 is 2.36 bits per heavy atom. The number of aliphatic carboxylic acids is 1. The van der Waals surface area contributed by atoms with Crippen molar-refractivity contribution in [2.45, 2.75) is 64.5 Å². The molecule has 25 heavy (non-hydrogen) atoms. The molecule has 9 heteroatoms. The second-order valence-corrected chi connectivity index (χ2v) is 8.77. The molecule has 1 fully saturated rings. The number of carbonyl (C=O) groups is 2. The van der Waals surface area contributed by atoms with Crippen molar-refractivity contribution in [3.8, 4) is 0 Å². The third-order valence-electron chi connectivity index (χ3n) is 4.58. The predicted molar refractivity (Wildman–Crippen MR) is 93.6 cm³/mol. The molecule has 3 N–H and O–H groups in total. The van der Waals surface area contributed by atoms with Crippen LogP contribution in [0, 0.1) is 5.92 Å². The Hall–Kier alpha value is -1.19. The Balaban J connectivity index is 2.52. The lowest BCUT2D eigenvalue weighted by molar-refractivity contribution is -0.149. The fraction of sp³-hybridized carbons (Fsp3) is 0.875. The average Bonchev–Trinajstić information content (AvgIpc) is 2.53. The number of sulfonamides is 1. The summed E-state index contributed by atoms with van der Waals surface area (Å²) in [6.45, 7) is 5.22. The van der Waals surface area contributed by atoms with Crippen LogP contribution < -0.4 is 10.0 Å². The van der Waals surface area contributed by atoms with Crippen LogP contribution >= 0.6 is 0 Å². The van der Waals surface area contributed by atoms with Crippen molar-refractivity contribution < 1.29 is 27.9 Å². The molecule has 0 heterocycles. The summed E-state index contributed by atoms with van der Waals surface area (Å²) >= 11 is 0. The quantitative estimate of drug-likeness (QED) is 0.518. The van der Waals surface area contributed by atoms with E-state index in [1.165, 1.54) is 0 Å². The normalized spacial score (nSPS) is 24.2. The van der Waals surface area contributed by atoms with Crippen LogP contribution in [0.5, 0.6) is 0 Å². The highest BCUT2D eigenvalue weighted by Crippen LogP contribution is 2.33. The van der Waals surface area contributed by atoms with Gasteiger partial charge in [-0.3, -0.25) is 4.79 Å². The van der Waals surface area contributed by atoms with E-state index in [9.17, 15) is 23.1 Å². The van der Waals surface area contributed by atoms with Gasteiger partial charge in [-0.1, -0.05) is 13.3 Å². The van der Waals surface area contributed by atoms with Crippen molar-refractivity contribution >= 4 is 21.9 Å². The summed E-state index contributed by atoms with van der Waals surface area (Å²) in [5.74, 6) is -1.47. The Bertz CT molecular complexity index is 553. The first-order valence-corrected chi connectivity index (χ1v) is 10.4. The van der Waals surface area contributed by atoms with Crippen molar-refractivity contribution in [3.05, 3.63) is 0 Å². The SMILES string of the molecule is CCC1CCC(NC(=O)CNS(=O)(=O)CCOC(C)C)(C(=O)O)CC1. The van der Waals surface area contributed by atoms with Crippen LogP contribution in [0.1, 0.15) is 52.9 Å². The largest absolute Gasteiger partial charge is 0.480 e. The Kier molecular flexibility index (Phi) is 8.30. The molecular weight excluding hydrogens is 348 g/mol. The van der Waals surface area contributed by atoms with Crippen molar-refractivity contribution in [3.63, 3.8) is 0 Å². The smallest absolute Gasteiger partial charge is 0.329 e. The molecule has 0 radical (unpaired) electrons. The third-order valence-corrected chi connectivity index (χ3v) is 5.87. The number of amides is 1. The molecule has 1 saturated carbocycles. The summed E-state index contributed by atoms with van der Waals surface area (Å²) in [6.07, 6.45) is 3.11. The number of carbonyl (C=O) groups excluding carboxylic acids is 1. The van der Waals surface area contributed by atoms with Crippen LogP contribution in [-0.2, 0) is 24.3 Å². The molecule has 8 nitrogen and oxygen atoms in total. The monoisotopic (exact) mass is 378 g/mol. The van der Waals surface area contributed by atoms with Crippen LogP contribution in [0.4, 0.5) is 0 Å². The lowest BCUT2D eigenvalue weighted by Gasteiger charge is -2.37. The fourth-order valence-corrected chi connectivity index (χ4v) is 3.73. The maximum Gasteiger partial charge on any atom is 0.329 e. The van der Waals surface area contributed by atoms with E-state index in [2.05, 4.69) is 17.0 Å². The highest BCUT2D eigenvalue weighted by Gasteiger charge is 2.42. The predicted octanol–water partition coefficient (Wildman–Crippen LogP) is 0.871. The molecule has 0 atom stereocenters. The lowest BCUT2D eigenvalue weighted by atomic mass is 9.75. The van der Waals surface area contributed by atoms with E-state index in [-0.39, 0.29) is 18.5 Å². The van der Waals surface area contributed by atoms with E-state index in [1.54, 1.807) is 13.8 Å². The van der Waals surface area contributed by atoms with E-state index in [1.807, 2.05) is 0 Å². The second kappa shape index (κ2) is 9.49. The Labute approximate surface area is 149 Å². The molecule has 1 aliphatic carbocycles. The van der Waals surface area contributed by atoms with Gasteiger partial charge in [-0.2, -0.15) is 0 Å². The van der Waals surface area contributed by atoms with Gasteiger partial charge in [-0.05, 0) is 45.4 Å². The molecule has 0 saturated heterocycles. The first-order chi connectivity index (χ1) is 11.6. The van der Waals surface area contributed by atoms with Gasteiger partial charge in [0.15, 0.2) is 0 Å². The summed E-state index contributed by atoms with van der Waals surface area (Å²) in [6, 6.07) is 0. The van der Waals surface area contributed by atoms with E-state index in [0.717, 1.165) is 19.3 Å². The van der Waals surface area contributed by atoms with E-state index >= 15 is 0 Å². The molecule has 1 aliphatic rings. The zero-order valence-corrected chi connectivity index (χ0v) is 16.0. The summed E-state index contributed by atoms with van der Waals surface area (Å²) in [5, 5.41) is 12.0. The molecule has 1 rings (SSSR count). The average molecular weight is 378 g/mol. The Morgan fingerprint density at radius 1 is 1.28 bits per heavy atom. The standard InChI is InChI=1S/C16H30N2O6S/c1-4-13-5-7-16(8-6-13,15(20)21)18-14(19)11-17-25(22,23)10-9-24-12(2)3/h12-13,17H,4-11H2,1-3H3,(H,18,19)(H,20,21). The molecule has 0 aromatic heterocycles. The van der Waals surface area contributed by atoms with Crippen molar-refractivity contribution in [1.29, 1.82) is 0 Å². The van der Waals surface area contributed by atoms with Crippen LogP contribution in [-0.4, -0.2) is 55.9 Å². The summed E-state index contributed by atoms with van der Waals surface area (Å²) in [7, 11) is -3.65. The van der Waals surface area contributed by atoms with Gasteiger partial charge in [0.1, 0.15) is 5.54 Å². The van der Waals surface area contributed by atoms with E-state index in [4.69, 9.17) is 4.74 Å². The van der Waals surface area contributed by atoms with Crippen molar-refractivity contribution in [2.75, 3.05) is 18.9 Å². The van der Waals surface area contributed by atoms with E-state index < -0.39 is 34.0 Å².